The first-order valence-corrected chi connectivity index (χ1v) is 16.0. The topological polar surface area (TPSA) is 104 Å². The number of nitrogens with zero attached hydrogens (tertiary/aromatic N) is 2. The smallest absolute Gasteiger partial charge is 0.254 e. The Labute approximate surface area is 268 Å². The van der Waals surface area contributed by atoms with Gasteiger partial charge in [-0.15, -0.1) is 23.2 Å². The Balaban J connectivity index is 1.52. The zero-order chi connectivity index (χ0) is 29.4. The molecule has 2 heterocycles. The summed E-state index contributed by atoms with van der Waals surface area (Å²) in [5.41, 5.74) is 1.56. The number of hydrogen-bond donors (Lipinski definition) is 1. The number of likely N-dealkylation sites (tertiary alicyclic amines) is 1. The molecule has 2 aliphatic heterocycles. The molecule has 4 amide bonds. The van der Waals surface area contributed by atoms with E-state index in [1.54, 1.807) is 31.2 Å². The molecule has 0 radical (unpaired) electrons. The van der Waals surface area contributed by atoms with Crippen LogP contribution in [0.4, 0.5) is 5.69 Å². The second-order valence-corrected chi connectivity index (χ2v) is 13.6. The number of phenolic OH excluding ortho intramolecular Hbond substituents is 1. The maximum atomic E-state index is 14.0. The molecule has 12 heteroatoms. The number of ether oxygens (including phenoxy) is 1. The van der Waals surface area contributed by atoms with E-state index < -0.39 is 45.2 Å². The van der Waals surface area contributed by atoms with E-state index in [4.69, 9.17) is 27.9 Å². The molecule has 0 spiro atoms. The number of amides is 4. The largest absolute Gasteiger partial charge is 0.504 e. The van der Waals surface area contributed by atoms with Crippen molar-refractivity contribution in [3.05, 3.63) is 63.2 Å². The van der Waals surface area contributed by atoms with Crippen LogP contribution in [-0.4, -0.2) is 55.4 Å². The highest BCUT2D eigenvalue weighted by atomic mass is 127. The van der Waals surface area contributed by atoms with Crippen LogP contribution < -0.4 is 9.64 Å². The third-order valence-corrected chi connectivity index (χ3v) is 11.4. The number of halogens is 4. The molecule has 4 aliphatic rings. The van der Waals surface area contributed by atoms with E-state index in [0.29, 0.717) is 16.8 Å². The summed E-state index contributed by atoms with van der Waals surface area (Å²) in [5.74, 6) is -4.88. The number of fused-ring (bicyclic) bond motifs is 4. The Bertz CT molecular complexity index is 1540. The van der Waals surface area contributed by atoms with Crippen LogP contribution in [0.15, 0.2) is 54.1 Å². The summed E-state index contributed by atoms with van der Waals surface area (Å²) in [6.07, 6.45) is 2.05. The van der Waals surface area contributed by atoms with Gasteiger partial charge < -0.3 is 9.84 Å². The molecule has 214 valence electrons. The Morgan fingerprint density at radius 1 is 1.05 bits per heavy atom. The molecule has 1 saturated carbocycles. The van der Waals surface area contributed by atoms with Gasteiger partial charge in [-0.2, -0.15) is 0 Å². The SMILES string of the molecule is CCOc1cc(C2C3=CCC4C(=O)N(c5ccc(I)cc5)C(=O)C4C3CC3(Cl)C(=O)N(CBr)C(=O)C23Cl)ccc1O. The van der Waals surface area contributed by atoms with Crippen LogP contribution >= 0.6 is 61.7 Å². The summed E-state index contributed by atoms with van der Waals surface area (Å²) in [5, 5.41) is 10.4. The predicted molar refractivity (Wildman–Crippen MR) is 164 cm³/mol. The van der Waals surface area contributed by atoms with E-state index in [2.05, 4.69) is 38.5 Å². The van der Waals surface area contributed by atoms with Crippen LogP contribution in [0.5, 0.6) is 11.5 Å². The van der Waals surface area contributed by atoms with Gasteiger partial charge in [0.1, 0.15) is 0 Å². The van der Waals surface area contributed by atoms with Crippen molar-refractivity contribution < 1.29 is 29.0 Å². The number of aromatic hydroxyl groups is 1. The molecule has 0 bridgehead atoms. The number of imide groups is 2. The predicted octanol–water partition coefficient (Wildman–Crippen LogP) is 5.31. The van der Waals surface area contributed by atoms with Gasteiger partial charge in [-0.1, -0.05) is 33.6 Å². The summed E-state index contributed by atoms with van der Waals surface area (Å²) in [6, 6.07) is 11.8. The summed E-state index contributed by atoms with van der Waals surface area (Å²) < 4.78 is 6.58. The molecule has 2 aromatic carbocycles. The molecule has 2 aromatic rings. The van der Waals surface area contributed by atoms with Crippen LogP contribution in [0.3, 0.4) is 0 Å². The zero-order valence-electron chi connectivity index (χ0n) is 21.7. The van der Waals surface area contributed by atoms with E-state index in [1.807, 2.05) is 18.2 Å². The van der Waals surface area contributed by atoms with E-state index in [0.717, 1.165) is 8.47 Å². The second kappa shape index (κ2) is 10.2. The number of hydrogen-bond acceptors (Lipinski definition) is 6. The van der Waals surface area contributed by atoms with Crippen LogP contribution in [0.1, 0.15) is 31.2 Å². The van der Waals surface area contributed by atoms with E-state index in [1.165, 1.54) is 11.0 Å². The first-order chi connectivity index (χ1) is 19.5. The molecule has 6 atom stereocenters. The fraction of sp³-hybridized carbons (Fsp3) is 0.379. The van der Waals surface area contributed by atoms with Crippen molar-refractivity contribution in [1.82, 2.24) is 4.90 Å². The molecule has 0 aromatic heterocycles. The Morgan fingerprint density at radius 2 is 1.76 bits per heavy atom. The van der Waals surface area contributed by atoms with Gasteiger partial charge in [0.25, 0.3) is 11.8 Å². The van der Waals surface area contributed by atoms with Crippen molar-refractivity contribution in [3.63, 3.8) is 0 Å². The van der Waals surface area contributed by atoms with Gasteiger partial charge >= 0.3 is 0 Å². The van der Waals surface area contributed by atoms with Crippen molar-refractivity contribution in [2.24, 2.45) is 17.8 Å². The monoisotopic (exact) mass is 772 g/mol. The minimum atomic E-state index is -1.92. The summed E-state index contributed by atoms with van der Waals surface area (Å²) in [6.45, 7) is 2.05. The Kier molecular flexibility index (Phi) is 7.23. The molecule has 2 saturated heterocycles. The molecule has 6 rings (SSSR count). The van der Waals surface area contributed by atoms with E-state index in [-0.39, 0.29) is 48.2 Å². The van der Waals surface area contributed by atoms with Crippen molar-refractivity contribution in [2.75, 3.05) is 17.0 Å². The number of benzene rings is 2. The quantitative estimate of drug-likeness (QED) is 0.145. The van der Waals surface area contributed by atoms with Gasteiger partial charge in [-0.25, -0.2) is 0 Å². The van der Waals surface area contributed by atoms with Gasteiger partial charge in [0.15, 0.2) is 21.2 Å². The highest BCUT2D eigenvalue weighted by molar-refractivity contribution is 14.1. The second-order valence-electron chi connectivity index (χ2n) is 10.6. The van der Waals surface area contributed by atoms with Gasteiger partial charge in [-0.05, 0) is 90.2 Å². The lowest BCUT2D eigenvalue weighted by Gasteiger charge is -2.50. The number of alkyl halides is 3. The molecule has 8 nitrogen and oxygen atoms in total. The number of carbonyl (C=O) groups excluding carboxylic acids is 4. The average Bonchev–Trinajstić information content (AvgIpc) is 3.28. The average molecular weight is 774 g/mol. The highest BCUT2D eigenvalue weighted by Gasteiger charge is 2.76. The molecule has 6 unspecified atom stereocenters. The van der Waals surface area contributed by atoms with Gasteiger partial charge in [-0.3, -0.25) is 29.0 Å². The molecule has 41 heavy (non-hydrogen) atoms. The molecular formula is C29H24BrCl2IN2O6. The summed E-state index contributed by atoms with van der Waals surface area (Å²) >= 11 is 19.9. The summed E-state index contributed by atoms with van der Waals surface area (Å²) in [7, 11) is 0. The maximum Gasteiger partial charge on any atom is 0.254 e. The van der Waals surface area contributed by atoms with Crippen molar-refractivity contribution in [2.45, 2.75) is 35.4 Å². The Morgan fingerprint density at radius 3 is 2.41 bits per heavy atom. The third kappa shape index (κ3) is 3.96. The lowest BCUT2D eigenvalue weighted by Crippen LogP contribution is -2.60. The molecule has 1 N–H and O–H groups in total. The fourth-order valence-electron chi connectivity index (χ4n) is 6.95. The van der Waals surface area contributed by atoms with E-state index >= 15 is 0 Å². The lowest BCUT2D eigenvalue weighted by molar-refractivity contribution is -0.138. The maximum absolute atomic E-state index is 14.0. The van der Waals surface area contributed by atoms with Crippen LogP contribution in [0.25, 0.3) is 0 Å². The van der Waals surface area contributed by atoms with Gasteiger partial charge in [0.05, 0.1) is 29.6 Å². The number of anilines is 1. The van der Waals surface area contributed by atoms with Crippen LogP contribution in [0.2, 0.25) is 0 Å². The first kappa shape index (κ1) is 28.9. The minimum absolute atomic E-state index is 0.0917. The molecule has 2 aliphatic carbocycles. The number of rotatable bonds is 5. The van der Waals surface area contributed by atoms with Crippen LogP contribution in [0, 0.1) is 21.3 Å². The number of phenols is 1. The van der Waals surface area contributed by atoms with Gasteiger partial charge in [0, 0.05) is 9.49 Å². The molecular weight excluding hydrogens is 750 g/mol. The minimum Gasteiger partial charge on any atom is -0.504 e. The number of carbonyl (C=O) groups is 4. The summed E-state index contributed by atoms with van der Waals surface area (Å²) in [4.78, 5) is 53.7. The first-order valence-electron chi connectivity index (χ1n) is 13.1. The zero-order valence-corrected chi connectivity index (χ0v) is 26.9. The normalized spacial score (nSPS) is 32.6. The lowest BCUT2D eigenvalue weighted by atomic mass is 9.56. The number of allylic oxidation sites excluding steroid dienone is 2. The standard InChI is InChI=1S/C29H24BrCl2IN2O6/c1-2-41-21-11-14(3-10-20(21)36)23-17-8-9-18-22(25(38)35(24(18)37)16-6-4-15(33)5-7-16)19(17)12-28(31)26(39)34(13-30)27(40)29(23,28)32/h3-8,10-11,18-19,22-23,36H,2,9,12-13H2,1H3. The van der Waals surface area contributed by atoms with Crippen molar-refractivity contribution in [1.29, 1.82) is 0 Å². The molecule has 3 fully saturated rings. The van der Waals surface area contributed by atoms with Crippen molar-refractivity contribution >= 4 is 91.0 Å². The fourth-order valence-corrected chi connectivity index (χ4v) is 8.74. The third-order valence-electron chi connectivity index (χ3n) is 8.72. The highest BCUT2D eigenvalue weighted by Crippen LogP contribution is 2.65. The Hall–Kier alpha value is -2.15. The van der Waals surface area contributed by atoms with Crippen molar-refractivity contribution in [3.8, 4) is 11.5 Å². The van der Waals surface area contributed by atoms with Crippen LogP contribution in [-0.2, 0) is 19.2 Å². The van der Waals surface area contributed by atoms with Gasteiger partial charge in [0.2, 0.25) is 11.8 Å². The van der Waals surface area contributed by atoms with E-state index in [9.17, 15) is 24.3 Å².